The maximum atomic E-state index is 13.5. The lowest BCUT2D eigenvalue weighted by molar-refractivity contribution is -0.117. The van der Waals surface area contributed by atoms with Gasteiger partial charge in [0.15, 0.2) is 0 Å². The fraction of sp³-hybridized carbons (Fsp3) is 0.533. The molecule has 2 heterocycles. The molecule has 4 nitrogen and oxygen atoms in total. The Balaban J connectivity index is 1.56. The predicted octanol–water partition coefficient (Wildman–Crippen LogP) is 1.59. The summed E-state index contributed by atoms with van der Waals surface area (Å²) in [6.07, 6.45) is 2.37. The maximum Gasteiger partial charge on any atom is 0.238 e. The maximum absolute atomic E-state index is 13.5. The highest BCUT2D eigenvalue weighted by atomic mass is 19.1. The van der Waals surface area contributed by atoms with Gasteiger partial charge in [0.25, 0.3) is 0 Å². The Labute approximate surface area is 122 Å². The van der Waals surface area contributed by atoms with E-state index in [0.29, 0.717) is 12.0 Å². The summed E-state index contributed by atoms with van der Waals surface area (Å²) in [5.74, 6) is -0.903. The van der Waals surface area contributed by atoms with E-state index in [2.05, 4.69) is 15.5 Å². The fourth-order valence-electron chi connectivity index (χ4n) is 3.25. The Morgan fingerprint density at radius 2 is 2.24 bits per heavy atom. The average molecular weight is 295 g/mol. The van der Waals surface area contributed by atoms with Gasteiger partial charge >= 0.3 is 0 Å². The van der Waals surface area contributed by atoms with Crippen molar-refractivity contribution in [3.8, 4) is 0 Å². The molecule has 0 spiro atoms. The van der Waals surface area contributed by atoms with Crippen LogP contribution in [0, 0.1) is 17.6 Å². The van der Waals surface area contributed by atoms with Gasteiger partial charge in [0.2, 0.25) is 5.91 Å². The van der Waals surface area contributed by atoms with Crippen LogP contribution in [0.1, 0.15) is 12.8 Å². The van der Waals surface area contributed by atoms with Crippen molar-refractivity contribution >= 4 is 11.6 Å². The molecule has 2 fully saturated rings. The Hall–Kier alpha value is -1.53. The number of carbonyl (C=O) groups is 1. The molecule has 0 radical (unpaired) electrons. The predicted molar refractivity (Wildman–Crippen MR) is 75.9 cm³/mol. The largest absolute Gasteiger partial charge is 0.322 e. The van der Waals surface area contributed by atoms with Crippen molar-refractivity contribution < 1.29 is 13.6 Å². The third-order valence-electron chi connectivity index (χ3n) is 4.24. The molecular formula is C15H19F2N3O. The molecule has 2 saturated heterocycles. The van der Waals surface area contributed by atoms with Gasteiger partial charge in [-0.15, -0.1) is 0 Å². The summed E-state index contributed by atoms with van der Waals surface area (Å²) in [4.78, 5) is 14.0. The van der Waals surface area contributed by atoms with Crippen LogP contribution in [0.3, 0.4) is 0 Å². The summed E-state index contributed by atoms with van der Waals surface area (Å²) in [7, 11) is 0. The van der Waals surface area contributed by atoms with Gasteiger partial charge in [-0.25, -0.2) is 8.78 Å². The summed E-state index contributed by atoms with van der Waals surface area (Å²) in [6.45, 7) is 2.97. The quantitative estimate of drug-likeness (QED) is 0.890. The van der Waals surface area contributed by atoms with E-state index in [9.17, 15) is 13.6 Å². The van der Waals surface area contributed by atoms with Crippen LogP contribution in [0.15, 0.2) is 18.2 Å². The number of halogens is 2. The van der Waals surface area contributed by atoms with Crippen LogP contribution in [-0.4, -0.2) is 43.0 Å². The smallest absolute Gasteiger partial charge is 0.238 e. The van der Waals surface area contributed by atoms with Crippen molar-refractivity contribution in [2.45, 2.75) is 18.9 Å². The van der Waals surface area contributed by atoms with Crippen molar-refractivity contribution in [2.24, 2.45) is 5.92 Å². The Morgan fingerprint density at radius 3 is 3.05 bits per heavy atom. The summed E-state index contributed by atoms with van der Waals surface area (Å²) in [5, 5.41) is 5.91. The highest BCUT2D eigenvalue weighted by Gasteiger charge is 2.34. The number of hydrogen-bond donors (Lipinski definition) is 2. The van der Waals surface area contributed by atoms with Crippen LogP contribution >= 0.6 is 0 Å². The number of nitrogens with zero attached hydrogens (tertiary/aromatic N) is 1. The monoisotopic (exact) mass is 295 g/mol. The lowest BCUT2D eigenvalue weighted by Gasteiger charge is -2.24. The van der Waals surface area contributed by atoms with Crippen molar-refractivity contribution in [1.29, 1.82) is 0 Å². The van der Waals surface area contributed by atoms with E-state index < -0.39 is 11.6 Å². The first-order valence-electron chi connectivity index (χ1n) is 7.32. The van der Waals surface area contributed by atoms with Crippen LogP contribution in [-0.2, 0) is 4.79 Å². The SMILES string of the molecule is O=C(CN1C[C@@H]2CCCN[C@@H]2C1)Nc1cc(F)ccc1F. The first-order valence-corrected chi connectivity index (χ1v) is 7.32. The second-order valence-electron chi connectivity index (χ2n) is 5.83. The molecule has 6 heteroatoms. The van der Waals surface area contributed by atoms with E-state index in [1.165, 1.54) is 12.8 Å². The zero-order chi connectivity index (χ0) is 14.8. The zero-order valence-corrected chi connectivity index (χ0v) is 11.7. The lowest BCUT2D eigenvalue weighted by atomic mass is 9.94. The first-order chi connectivity index (χ1) is 10.1. The van der Waals surface area contributed by atoms with E-state index in [4.69, 9.17) is 0 Å². The van der Waals surface area contributed by atoms with Gasteiger partial charge in [-0.1, -0.05) is 0 Å². The molecule has 2 atom stereocenters. The van der Waals surface area contributed by atoms with Crippen molar-refractivity contribution in [3.63, 3.8) is 0 Å². The van der Waals surface area contributed by atoms with E-state index >= 15 is 0 Å². The van der Waals surface area contributed by atoms with Crippen LogP contribution in [0.25, 0.3) is 0 Å². The van der Waals surface area contributed by atoms with Gasteiger partial charge < -0.3 is 10.6 Å². The molecule has 0 unspecified atom stereocenters. The fourth-order valence-corrected chi connectivity index (χ4v) is 3.25. The number of nitrogens with one attached hydrogen (secondary N) is 2. The molecule has 0 bridgehead atoms. The van der Waals surface area contributed by atoms with Gasteiger partial charge in [0.1, 0.15) is 11.6 Å². The number of rotatable bonds is 3. The molecule has 114 valence electrons. The molecule has 0 saturated carbocycles. The Bertz CT molecular complexity index is 524. The summed E-state index contributed by atoms with van der Waals surface area (Å²) in [5.41, 5.74) is -0.102. The molecule has 1 amide bonds. The molecule has 0 aromatic heterocycles. The number of fused-ring (bicyclic) bond motifs is 1. The lowest BCUT2D eigenvalue weighted by Crippen LogP contribution is -2.41. The van der Waals surface area contributed by atoms with Gasteiger partial charge in [0, 0.05) is 25.2 Å². The minimum absolute atomic E-state index is 0.102. The molecule has 1 aromatic carbocycles. The van der Waals surface area contributed by atoms with Gasteiger partial charge in [-0.05, 0) is 37.4 Å². The third kappa shape index (κ3) is 3.39. The number of carbonyl (C=O) groups excluding carboxylic acids is 1. The number of amides is 1. The summed E-state index contributed by atoms with van der Waals surface area (Å²) < 4.78 is 26.5. The first kappa shape index (κ1) is 14.4. The topological polar surface area (TPSA) is 44.4 Å². The Kier molecular flexibility index (Phi) is 4.17. The molecule has 21 heavy (non-hydrogen) atoms. The van der Waals surface area contributed by atoms with Gasteiger partial charge in [-0.2, -0.15) is 0 Å². The minimum atomic E-state index is -0.624. The molecular weight excluding hydrogens is 276 g/mol. The number of likely N-dealkylation sites (tertiary alicyclic amines) is 1. The normalized spacial score (nSPS) is 25.6. The van der Waals surface area contributed by atoms with Crippen LogP contribution in [0.5, 0.6) is 0 Å². The third-order valence-corrected chi connectivity index (χ3v) is 4.24. The van der Waals surface area contributed by atoms with Crippen LogP contribution in [0.4, 0.5) is 14.5 Å². The van der Waals surface area contributed by atoms with Gasteiger partial charge in [0.05, 0.1) is 12.2 Å². The number of anilines is 1. The van der Waals surface area contributed by atoms with Crippen LogP contribution in [0.2, 0.25) is 0 Å². The summed E-state index contributed by atoms with van der Waals surface area (Å²) >= 11 is 0. The van der Waals surface area contributed by atoms with E-state index in [0.717, 1.165) is 37.8 Å². The van der Waals surface area contributed by atoms with Crippen molar-refractivity contribution in [2.75, 3.05) is 31.5 Å². The highest BCUT2D eigenvalue weighted by Crippen LogP contribution is 2.24. The molecule has 2 N–H and O–H groups in total. The van der Waals surface area contributed by atoms with Gasteiger partial charge in [-0.3, -0.25) is 9.69 Å². The highest BCUT2D eigenvalue weighted by molar-refractivity contribution is 5.92. The van der Waals surface area contributed by atoms with Crippen molar-refractivity contribution in [1.82, 2.24) is 10.2 Å². The van der Waals surface area contributed by atoms with Crippen molar-refractivity contribution in [3.05, 3.63) is 29.8 Å². The second-order valence-corrected chi connectivity index (χ2v) is 5.83. The van der Waals surface area contributed by atoms with E-state index in [1.807, 2.05) is 0 Å². The molecule has 0 aliphatic carbocycles. The molecule has 2 aliphatic rings. The number of hydrogen-bond acceptors (Lipinski definition) is 3. The molecule has 2 aliphatic heterocycles. The molecule has 3 rings (SSSR count). The zero-order valence-electron chi connectivity index (χ0n) is 11.7. The minimum Gasteiger partial charge on any atom is -0.322 e. The second kappa shape index (κ2) is 6.07. The van der Waals surface area contributed by atoms with E-state index in [1.54, 1.807) is 0 Å². The molecule has 1 aromatic rings. The summed E-state index contributed by atoms with van der Waals surface area (Å²) in [6, 6.07) is 3.50. The van der Waals surface area contributed by atoms with Crippen LogP contribution < -0.4 is 10.6 Å². The standard InChI is InChI=1S/C15H19F2N3O/c16-11-3-4-12(17)13(6-11)19-15(21)9-20-7-10-2-1-5-18-14(10)8-20/h3-4,6,10,14,18H,1-2,5,7-9H2,(H,19,21)/t10-,14+/m0/s1. The average Bonchev–Trinajstić information content (AvgIpc) is 2.84. The number of piperidine rings is 1. The Morgan fingerprint density at radius 1 is 1.38 bits per heavy atom. The number of benzene rings is 1. The van der Waals surface area contributed by atoms with E-state index in [-0.39, 0.29) is 18.1 Å².